The molecule has 134 valence electrons. The first-order valence-electron chi connectivity index (χ1n) is 9.44. The van der Waals surface area contributed by atoms with Crippen molar-refractivity contribution >= 4 is 16.7 Å². The smallest absolute Gasteiger partial charge is 0.129 e. The van der Waals surface area contributed by atoms with Crippen molar-refractivity contribution in [2.45, 2.75) is 18.8 Å². The summed E-state index contributed by atoms with van der Waals surface area (Å²) in [5, 5.41) is 8.78. The first-order chi connectivity index (χ1) is 13.4. The van der Waals surface area contributed by atoms with Crippen molar-refractivity contribution in [1.82, 2.24) is 20.2 Å². The molecule has 5 rings (SSSR count). The molecule has 0 spiro atoms. The van der Waals surface area contributed by atoms with E-state index in [0.29, 0.717) is 5.92 Å². The lowest BCUT2D eigenvalue weighted by Crippen LogP contribution is -2.33. The van der Waals surface area contributed by atoms with E-state index in [9.17, 15) is 0 Å². The van der Waals surface area contributed by atoms with Crippen LogP contribution in [0.3, 0.4) is 0 Å². The monoisotopic (exact) mass is 355 g/mol. The van der Waals surface area contributed by atoms with E-state index in [1.54, 1.807) is 0 Å². The molecule has 3 aromatic heterocycles. The Morgan fingerprint density at radius 3 is 2.59 bits per heavy atom. The Kier molecular flexibility index (Phi) is 4.05. The molecule has 5 heteroatoms. The fourth-order valence-electron chi connectivity index (χ4n) is 3.94. The van der Waals surface area contributed by atoms with E-state index < -0.39 is 0 Å². The molecule has 1 saturated heterocycles. The van der Waals surface area contributed by atoms with Gasteiger partial charge in [0.15, 0.2) is 0 Å². The third kappa shape index (κ3) is 3.05. The number of nitrogens with zero attached hydrogens (tertiary/aromatic N) is 4. The summed E-state index contributed by atoms with van der Waals surface area (Å²) in [6.45, 7) is 2.00. The quantitative estimate of drug-likeness (QED) is 0.592. The molecular weight excluding hydrogens is 334 g/mol. The van der Waals surface area contributed by atoms with Gasteiger partial charge in [-0.3, -0.25) is 10.1 Å². The van der Waals surface area contributed by atoms with Gasteiger partial charge in [0.25, 0.3) is 0 Å². The summed E-state index contributed by atoms with van der Waals surface area (Å²) in [5.41, 5.74) is 4.35. The van der Waals surface area contributed by atoms with Gasteiger partial charge < -0.3 is 4.90 Å². The van der Waals surface area contributed by atoms with E-state index in [4.69, 9.17) is 0 Å². The Morgan fingerprint density at radius 2 is 1.74 bits per heavy atom. The van der Waals surface area contributed by atoms with Crippen molar-refractivity contribution < 1.29 is 0 Å². The number of fused-ring (bicyclic) bond motifs is 1. The first-order valence-corrected chi connectivity index (χ1v) is 9.44. The molecule has 1 aliphatic heterocycles. The van der Waals surface area contributed by atoms with Gasteiger partial charge in [0.2, 0.25) is 0 Å². The number of pyridine rings is 2. The van der Waals surface area contributed by atoms with Gasteiger partial charge in [0, 0.05) is 48.0 Å². The van der Waals surface area contributed by atoms with Gasteiger partial charge in [0.1, 0.15) is 11.5 Å². The molecule has 5 nitrogen and oxygen atoms in total. The Bertz CT molecular complexity index is 1050. The van der Waals surface area contributed by atoms with Crippen LogP contribution in [0.2, 0.25) is 0 Å². The summed E-state index contributed by atoms with van der Waals surface area (Å²) in [6.07, 6.45) is 5.99. The molecule has 1 aromatic carbocycles. The summed E-state index contributed by atoms with van der Waals surface area (Å²) in [6, 6.07) is 18.6. The third-order valence-electron chi connectivity index (χ3n) is 5.41. The number of nitrogens with one attached hydrogen (secondary N) is 1. The molecule has 0 radical (unpaired) electrons. The Balaban J connectivity index is 1.37. The zero-order valence-corrected chi connectivity index (χ0v) is 15.0. The maximum Gasteiger partial charge on any atom is 0.129 e. The van der Waals surface area contributed by atoms with Gasteiger partial charge >= 0.3 is 0 Å². The average Bonchev–Trinajstić information content (AvgIpc) is 3.19. The van der Waals surface area contributed by atoms with Crippen molar-refractivity contribution in [3.05, 3.63) is 72.7 Å². The van der Waals surface area contributed by atoms with Gasteiger partial charge in [-0.25, -0.2) is 4.98 Å². The number of benzene rings is 1. The van der Waals surface area contributed by atoms with Crippen molar-refractivity contribution in [3.8, 4) is 11.3 Å². The number of hydrogen-bond donors (Lipinski definition) is 1. The van der Waals surface area contributed by atoms with E-state index in [0.717, 1.165) is 53.9 Å². The summed E-state index contributed by atoms with van der Waals surface area (Å²) >= 11 is 0. The minimum atomic E-state index is 0.543. The zero-order chi connectivity index (χ0) is 18.1. The van der Waals surface area contributed by atoms with Crippen LogP contribution in [0.15, 0.2) is 67.0 Å². The molecule has 0 aliphatic carbocycles. The highest BCUT2D eigenvalue weighted by molar-refractivity contribution is 5.93. The van der Waals surface area contributed by atoms with E-state index in [1.165, 1.54) is 5.69 Å². The molecule has 0 amide bonds. The maximum absolute atomic E-state index is 4.62. The van der Waals surface area contributed by atoms with Crippen molar-refractivity contribution in [2.75, 3.05) is 18.0 Å². The van der Waals surface area contributed by atoms with Gasteiger partial charge in [-0.05, 0) is 43.2 Å². The molecule has 1 N–H and O–H groups in total. The van der Waals surface area contributed by atoms with Crippen LogP contribution in [0.1, 0.15) is 24.5 Å². The minimum absolute atomic E-state index is 0.543. The highest BCUT2D eigenvalue weighted by Gasteiger charge is 2.22. The SMILES string of the molecule is c1ccc(C2CCN(c3cc(-c4n[nH]c5ccccc45)ccn3)CC2)nc1. The Labute approximate surface area is 158 Å². The van der Waals surface area contributed by atoms with E-state index >= 15 is 0 Å². The molecule has 0 saturated carbocycles. The highest BCUT2D eigenvalue weighted by atomic mass is 15.2. The molecule has 0 atom stereocenters. The number of hydrogen-bond acceptors (Lipinski definition) is 4. The van der Waals surface area contributed by atoms with Crippen molar-refractivity contribution in [1.29, 1.82) is 0 Å². The number of aromatic amines is 1. The molecule has 1 aliphatic rings. The Morgan fingerprint density at radius 1 is 0.889 bits per heavy atom. The van der Waals surface area contributed by atoms with Crippen LogP contribution in [-0.4, -0.2) is 33.3 Å². The predicted octanol–water partition coefficient (Wildman–Crippen LogP) is 4.40. The molecule has 4 aromatic rings. The second kappa shape index (κ2) is 6.83. The van der Waals surface area contributed by atoms with Crippen LogP contribution < -0.4 is 4.90 Å². The van der Waals surface area contributed by atoms with Crippen LogP contribution in [0.25, 0.3) is 22.2 Å². The molecule has 0 unspecified atom stereocenters. The minimum Gasteiger partial charge on any atom is -0.357 e. The first kappa shape index (κ1) is 16.0. The van der Waals surface area contributed by atoms with E-state index in [1.807, 2.05) is 36.7 Å². The Hall–Kier alpha value is -3.21. The van der Waals surface area contributed by atoms with Crippen LogP contribution in [0, 0.1) is 0 Å². The normalized spacial score (nSPS) is 15.3. The standard InChI is InChI=1S/C22H21N5/c1-2-7-20-18(5-1)22(26-25-20)17-8-12-24-21(15-17)27-13-9-16(10-14-27)19-6-3-4-11-23-19/h1-8,11-12,15-16H,9-10,13-14H2,(H,25,26). The fraction of sp³-hybridized carbons (Fsp3) is 0.227. The molecular formula is C22H21N5. The van der Waals surface area contributed by atoms with Gasteiger partial charge in [-0.2, -0.15) is 5.10 Å². The summed E-state index contributed by atoms with van der Waals surface area (Å²) in [7, 11) is 0. The van der Waals surface area contributed by atoms with Crippen molar-refractivity contribution in [2.24, 2.45) is 0 Å². The largest absolute Gasteiger partial charge is 0.357 e. The zero-order valence-electron chi connectivity index (χ0n) is 15.0. The number of H-pyrrole nitrogens is 1. The lowest BCUT2D eigenvalue weighted by atomic mass is 9.93. The molecule has 1 fully saturated rings. The summed E-state index contributed by atoms with van der Waals surface area (Å²) in [5.74, 6) is 1.57. The van der Waals surface area contributed by atoms with Gasteiger partial charge in [-0.15, -0.1) is 0 Å². The predicted molar refractivity (Wildman–Crippen MR) is 108 cm³/mol. The van der Waals surface area contributed by atoms with Gasteiger partial charge in [0.05, 0.1) is 5.52 Å². The number of para-hydroxylation sites is 1. The van der Waals surface area contributed by atoms with Gasteiger partial charge in [-0.1, -0.05) is 24.3 Å². The van der Waals surface area contributed by atoms with Crippen molar-refractivity contribution in [3.63, 3.8) is 0 Å². The third-order valence-corrected chi connectivity index (χ3v) is 5.41. The fourth-order valence-corrected chi connectivity index (χ4v) is 3.94. The second-order valence-corrected chi connectivity index (χ2v) is 7.04. The molecule has 4 heterocycles. The maximum atomic E-state index is 4.62. The lowest BCUT2D eigenvalue weighted by molar-refractivity contribution is 0.494. The van der Waals surface area contributed by atoms with Crippen LogP contribution in [0.5, 0.6) is 0 Å². The highest BCUT2D eigenvalue weighted by Crippen LogP contribution is 2.31. The van der Waals surface area contributed by atoms with E-state index in [-0.39, 0.29) is 0 Å². The second-order valence-electron chi connectivity index (χ2n) is 7.04. The number of piperidine rings is 1. The van der Waals surface area contributed by atoms with Crippen LogP contribution in [0.4, 0.5) is 5.82 Å². The topological polar surface area (TPSA) is 57.7 Å². The lowest BCUT2D eigenvalue weighted by Gasteiger charge is -2.32. The summed E-state index contributed by atoms with van der Waals surface area (Å²) in [4.78, 5) is 11.5. The molecule has 27 heavy (non-hydrogen) atoms. The average molecular weight is 355 g/mol. The number of rotatable bonds is 3. The summed E-state index contributed by atoms with van der Waals surface area (Å²) < 4.78 is 0. The van der Waals surface area contributed by atoms with Crippen LogP contribution in [-0.2, 0) is 0 Å². The number of aromatic nitrogens is 4. The number of anilines is 1. The van der Waals surface area contributed by atoms with Crippen LogP contribution >= 0.6 is 0 Å². The van der Waals surface area contributed by atoms with E-state index in [2.05, 4.69) is 55.4 Å². The molecule has 0 bridgehead atoms.